The monoisotopic (exact) mass is 269 g/mol. The summed E-state index contributed by atoms with van der Waals surface area (Å²) in [6.45, 7) is 0. The largest absolute Gasteiger partial charge is 0.388 e. The Morgan fingerprint density at radius 3 is 2.33 bits per heavy atom. The molecule has 1 heterocycles. The third-order valence-electron chi connectivity index (χ3n) is 1.32. The second-order valence-corrected chi connectivity index (χ2v) is 3.64. The average Bonchev–Trinajstić information content (AvgIpc) is 2.01. The summed E-state index contributed by atoms with van der Waals surface area (Å²) in [6.07, 6.45) is -0.594. The lowest BCUT2D eigenvalue weighted by molar-refractivity contribution is 0.205. The molecule has 66 valence electrons. The number of aromatic nitrogens is 1. The van der Waals surface area contributed by atoms with Gasteiger partial charge in [-0.25, -0.2) is 4.98 Å². The maximum atomic E-state index is 9.39. The third kappa shape index (κ3) is 2.59. The lowest BCUT2D eigenvalue weighted by Crippen LogP contribution is -1.98. The van der Waals surface area contributed by atoms with Gasteiger partial charge in [0.25, 0.3) is 0 Å². The van der Waals surface area contributed by atoms with Crippen molar-refractivity contribution in [3.8, 4) is 0 Å². The molecule has 2 nitrogen and oxygen atoms in total. The number of rotatable bonds is 2. The van der Waals surface area contributed by atoms with Crippen molar-refractivity contribution in [2.75, 3.05) is 5.33 Å². The maximum Gasteiger partial charge on any atom is 0.131 e. The van der Waals surface area contributed by atoms with Gasteiger partial charge in [-0.1, -0.05) is 39.1 Å². The van der Waals surface area contributed by atoms with Crippen LogP contribution in [0.15, 0.2) is 12.1 Å². The normalized spacial score (nSPS) is 13.0. The van der Waals surface area contributed by atoms with E-state index < -0.39 is 6.10 Å². The summed E-state index contributed by atoms with van der Waals surface area (Å²) in [7, 11) is 0. The van der Waals surface area contributed by atoms with Crippen molar-refractivity contribution in [1.82, 2.24) is 4.98 Å². The van der Waals surface area contributed by atoms with E-state index in [1.54, 1.807) is 12.1 Å². The van der Waals surface area contributed by atoms with Crippen molar-refractivity contribution < 1.29 is 5.11 Å². The first-order valence-electron chi connectivity index (χ1n) is 3.20. The number of aliphatic hydroxyl groups is 1. The molecule has 1 aromatic rings. The van der Waals surface area contributed by atoms with E-state index in [1.165, 1.54) is 0 Å². The summed E-state index contributed by atoms with van der Waals surface area (Å²) in [4.78, 5) is 3.76. The molecule has 0 aliphatic carbocycles. The average molecular weight is 271 g/mol. The van der Waals surface area contributed by atoms with E-state index in [9.17, 15) is 5.11 Å². The van der Waals surface area contributed by atoms with Gasteiger partial charge in [-0.2, -0.15) is 0 Å². The lowest BCUT2D eigenvalue weighted by Gasteiger charge is -2.06. The van der Waals surface area contributed by atoms with Crippen LogP contribution in [-0.2, 0) is 0 Å². The van der Waals surface area contributed by atoms with Crippen molar-refractivity contribution in [3.63, 3.8) is 0 Å². The fraction of sp³-hybridized carbons (Fsp3) is 0.286. The lowest BCUT2D eigenvalue weighted by atomic mass is 10.2. The molecule has 0 aromatic carbocycles. The minimum absolute atomic E-state index is 0.289. The second-order valence-electron chi connectivity index (χ2n) is 2.22. The predicted octanol–water partition coefficient (Wildman–Crippen LogP) is 2.82. The molecule has 0 aliphatic rings. The Bertz CT molecular complexity index is 262. The fourth-order valence-electron chi connectivity index (χ4n) is 0.765. The smallest absolute Gasteiger partial charge is 0.131 e. The second kappa shape index (κ2) is 4.42. The van der Waals surface area contributed by atoms with Gasteiger partial charge in [-0.05, 0) is 17.7 Å². The molecule has 0 amide bonds. The number of hydrogen-bond acceptors (Lipinski definition) is 2. The molecule has 0 aliphatic heterocycles. The van der Waals surface area contributed by atoms with Crippen LogP contribution in [0.25, 0.3) is 0 Å². The van der Waals surface area contributed by atoms with Crippen molar-refractivity contribution in [1.29, 1.82) is 0 Å². The molecule has 1 rings (SSSR count). The van der Waals surface area contributed by atoms with Crippen LogP contribution < -0.4 is 0 Å². The molecular weight excluding hydrogens is 265 g/mol. The summed E-state index contributed by atoms with van der Waals surface area (Å²) in [5.74, 6) is 0. The summed E-state index contributed by atoms with van der Waals surface area (Å²) in [6, 6.07) is 3.17. The predicted molar refractivity (Wildman–Crippen MR) is 53.0 cm³/mol. The molecule has 1 atom stereocenters. The number of aliphatic hydroxyl groups excluding tert-OH is 1. The summed E-state index contributed by atoms with van der Waals surface area (Å²) in [5, 5.41) is 10.4. The zero-order valence-electron chi connectivity index (χ0n) is 5.97. The van der Waals surface area contributed by atoms with Crippen LogP contribution in [0.3, 0.4) is 0 Å². The number of hydrogen-bond donors (Lipinski definition) is 1. The maximum absolute atomic E-state index is 9.39. The Balaban J connectivity index is 3.00. The van der Waals surface area contributed by atoms with Crippen LogP contribution in [0.4, 0.5) is 0 Å². The first kappa shape index (κ1) is 10.3. The highest BCUT2D eigenvalue weighted by molar-refractivity contribution is 9.09. The molecule has 0 saturated heterocycles. The van der Waals surface area contributed by atoms with Crippen LogP contribution >= 0.6 is 39.1 Å². The number of nitrogens with zero attached hydrogens (tertiary/aromatic N) is 1. The molecule has 1 unspecified atom stereocenters. The molecule has 0 fully saturated rings. The fourth-order valence-corrected chi connectivity index (χ4v) is 1.62. The van der Waals surface area contributed by atoms with E-state index in [0.717, 1.165) is 0 Å². The van der Waals surface area contributed by atoms with Crippen LogP contribution in [0.2, 0.25) is 10.3 Å². The Labute approximate surface area is 88.6 Å². The Kier molecular flexibility index (Phi) is 3.77. The quantitative estimate of drug-likeness (QED) is 0.662. The molecule has 1 N–H and O–H groups in total. The standard InChI is InChI=1S/C7H6BrCl2NO/c8-3-5(12)4-1-6(9)11-7(10)2-4/h1-2,5,12H,3H2. The summed E-state index contributed by atoms with van der Waals surface area (Å²) >= 11 is 14.4. The molecule has 0 bridgehead atoms. The molecule has 0 saturated carbocycles. The van der Waals surface area contributed by atoms with Gasteiger partial charge in [0.1, 0.15) is 10.3 Å². The van der Waals surface area contributed by atoms with Crippen molar-refractivity contribution >= 4 is 39.1 Å². The van der Waals surface area contributed by atoms with Gasteiger partial charge < -0.3 is 5.11 Å². The zero-order chi connectivity index (χ0) is 9.14. The molecule has 0 radical (unpaired) electrons. The van der Waals surface area contributed by atoms with E-state index in [0.29, 0.717) is 10.9 Å². The van der Waals surface area contributed by atoms with Gasteiger partial charge in [0.05, 0.1) is 6.10 Å². The summed E-state index contributed by atoms with van der Waals surface area (Å²) in [5.41, 5.74) is 0.664. The van der Waals surface area contributed by atoms with Crippen molar-refractivity contribution in [3.05, 3.63) is 28.0 Å². The van der Waals surface area contributed by atoms with Crippen LogP contribution in [0.1, 0.15) is 11.7 Å². The van der Waals surface area contributed by atoms with Gasteiger partial charge in [-0.3, -0.25) is 0 Å². The van der Waals surface area contributed by atoms with Gasteiger partial charge in [0.15, 0.2) is 0 Å². The Hall–Kier alpha value is 0.170. The Morgan fingerprint density at radius 2 is 1.92 bits per heavy atom. The van der Waals surface area contributed by atoms with Gasteiger partial charge in [0, 0.05) is 5.33 Å². The molecular formula is C7H6BrCl2NO. The highest BCUT2D eigenvalue weighted by Crippen LogP contribution is 2.21. The highest BCUT2D eigenvalue weighted by atomic mass is 79.9. The van der Waals surface area contributed by atoms with Crippen molar-refractivity contribution in [2.45, 2.75) is 6.10 Å². The minimum Gasteiger partial charge on any atom is -0.388 e. The van der Waals surface area contributed by atoms with E-state index in [1.807, 2.05) is 0 Å². The van der Waals surface area contributed by atoms with Gasteiger partial charge in [0.2, 0.25) is 0 Å². The number of alkyl halides is 1. The Morgan fingerprint density at radius 1 is 1.42 bits per heavy atom. The SMILES string of the molecule is OC(CBr)c1cc(Cl)nc(Cl)c1. The first-order valence-corrected chi connectivity index (χ1v) is 5.08. The molecule has 1 aromatic heterocycles. The van der Waals surface area contributed by atoms with Crippen LogP contribution in [0.5, 0.6) is 0 Å². The van der Waals surface area contributed by atoms with Crippen molar-refractivity contribution in [2.24, 2.45) is 0 Å². The minimum atomic E-state index is -0.594. The van der Waals surface area contributed by atoms with Gasteiger partial charge in [-0.15, -0.1) is 0 Å². The van der Waals surface area contributed by atoms with Crippen LogP contribution in [-0.4, -0.2) is 15.4 Å². The molecule has 12 heavy (non-hydrogen) atoms. The van der Waals surface area contributed by atoms with Gasteiger partial charge >= 0.3 is 0 Å². The topological polar surface area (TPSA) is 33.1 Å². The molecule has 0 spiro atoms. The number of halogens is 3. The zero-order valence-corrected chi connectivity index (χ0v) is 9.07. The first-order chi connectivity index (χ1) is 5.63. The van der Waals surface area contributed by atoms with Crippen LogP contribution in [0, 0.1) is 0 Å². The number of pyridine rings is 1. The summed E-state index contributed by atoms with van der Waals surface area (Å²) < 4.78 is 0. The highest BCUT2D eigenvalue weighted by Gasteiger charge is 2.07. The van der Waals surface area contributed by atoms with E-state index in [-0.39, 0.29) is 10.3 Å². The van der Waals surface area contributed by atoms with E-state index in [2.05, 4.69) is 20.9 Å². The molecule has 5 heteroatoms. The van der Waals surface area contributed by atoms with E-state index in [4.69, 9.17) is 23.2 Å². The third-order valence-corrected chi connectivity index (χ3v) is 2.32. The van der Waals surface area contributed by atoms with E-state index >= 15 is 0 Å².